The summed E-state index contributed by atoms with van der Waals surface area (Å²) in [5.74, 6) is -2.13. The Morgan fingerprint density at radius 1 is 1.08 bits per heavy atom. The van der Waals surface area contributed by atoms with Gasteiger partial charge in [-0.25, -0.2) is 8.78 Å². The number of benzene rings is 1. The van der Waals surface area contributed by atoms with Gasteiger partial charge in [0.1, 0.15) is 0 Å². The Kier molecular flexibility index (Phi) is 3.94. The zero-order chi connectivity index (χ0) is 18.3. The molecule has 2 aliphatic heterocycles. The molecule has 0 radical (unpaired) electrons. The van der Waals surface area contributed by atoms with E-state index in [4.69, 9.17) is 0 Å². The molecule has 1 atom stereocenters. The van der Waals surface area contributed by atoms with Crippen LogP contribution in [-0.2, 0) is 4.79 Å². The summed E-state index contributed by atoms with van der Waals surface area (Å²) in [5.41, 5.74) is 0.577. The van der Waals surface area contributed by atoms with Crippen molar-refractivity contribution in [3.63, 3.8) is 0 Å². The van der Waals surface area contributed by atoms with Gasteiger partial charge >= 0.3 is 0 Å². The molecule has 7 heteroatoms. The van der Waals surface area contributed by atoms with Gasteiger partial charge in [-0.3, -0.25) is 14.6 Å². The van der Waals surface area contributed by atoms with Gasteiger partial charge < -0.3 is 9.80 Å². The van der Waals surface area contributed by atoms with Gasteiger partial charge in [-0.2, -0.15) is 0 Å². The molecule has 2 aromatic rings. The maximum absolute atomic E-state index is 13.5. The fourth-order valence-electron chi connectivity index (χ4n) is 3.84. The molecular weight excluding hydrogens is 340 g/mol. The average Bonchev–Trinajstić information content (AvgIpc) is 3.20. The Balaban J connectivity index is 1.51. The quantitative estimate of drug-likeness (QED) is 0.830. The van der Waals surface area contributed by atoms with Crippen molar-refractivity contribution in [3.8, 4) is 0 Å². The van der Waals surface area contributed by atoms with Gasteiger partial charge in [0, 0.05) is 61.2 Å². The van der Waals surface area contributed by atoms with Crippen LogP contribution in [0.15, 0.2) is 42.7 Å². The van der Waals surface area contributed by atoms with Crippen molar-refractivity contribution in [2.45, 2.75) is 12.8 Å². The van der Waals surface area contributed by atoms with Crippen molar-refractivity contribution in [1.82, 2.24) is 9.88 Å². The smallest absolute Gasteiger partial charge is 0.253 e. The molecule has 1 aromatic heterocycles. The van der Waals surface area contributed by atoms with Crippen LogP contribution in [0.1, 0.15) is 23.2 Å². The van der Waals surface area contributed by atoms with Crippen LogP contribution in [0.4, 0.5) is 14.5 Å². The average molecular weight is 357 g/mol. The number of halogens is 2. The van der Waals surface area contributed by atoms with Crippen molar-refractivity contribution >= 4 is 17.5 Å². The molecule has 0 aliphatic carbocycles. The van der Waals surface area contributed by atoms with Crippen LogP contribution in [0.5, 0.6) is 0 Å². The topological polar surface area (TPSA) is 53.5 Å². The highest BCUT2D eigenvalue weighted by Crippen LogP contribution is 2.42. The molecule has 1 aromatic carbocycles. The van der Waals surface area contributed by atoms with Crippen LogP contribution < -0.4 is 4.90 Å². The highest BCUT2D eigenvalue weighted by Gasteiger charge is 2.48. The zero-order valence-corrected chi connectivity index (χ0v) is 14.0. The van der Waals surface area contributed by atoms with Gasteiger partial charge in [-0.05, 0) is 30.7 Å². The first-order valence-corrected chi connectivity index (χ1v) is 8.42. The van der Waals surface area contributed by atoms with Crippen molar-refractivity contribution in [2.75, 3.05) is 24.5 Å². The molecule has 0 unspecified atom stereocenters. The molecule has 4 rings (SSSR count). The van der Waals surface area contributed by atoms with E-state index in [-0.39, 0.29) is 17.2 Å². The predicted molar refractivity (Wildman–Crippen MR) is 90.5 cm³/mol. The number of carbonyl (C=O) groups is 2. The van der Waals surface area contributed by atoms with Gasteiger partial charge in [-0.1, -0.05) is 0 Å². The third-order valence-electron chi connectivity index (χ3n) is 5.19. The second-order valence-electron chi connectivity index (χ2n) is 6.97. The van der Waals surface area contributed by atoms with E-state index in [0.717, 1.165) is 12.1 Å². The first-order chi connectivity index (χ1) is 12.5. The maximum Gasteiger partial charge on any atom is 0.253 e. The summed E-state index contributed by atoms with van der Waals surface area (Å²) in [5, 5.41) is 0. The summed E-state index contributed by atoms with van der Waals surface area (Å²) in [7, 11) is 0. The van der Waals surface area contributed by atoms with E-state index in [2.05, 4.69) is 4.98 Å². The number of nitrogens with zero attached hydrogens (tertiary/aromatic N) is 3. The molecular formula is C19H17F2N3O2. The molecule has 0 N–H and O–H groups in total. The molecule has 2 aliphatic rings. The number of hydrogen-bond acceptors (Lipinski definition) is 3. The normalized spacial score (nSPS) is 22.5. The van der Waals surface area contributed by atoms with E-state index in [9.17, 15) is 18.4 Å². The van der Waals surface area contributed by atoms with Gasteiger partial charge in [0.2, 0.25) is 5.91 Å². The lowest BCUT2D eigenvalue weighted by Gasteiger charge is -2.24. The number of anilines is 1. The Morgan fingerprint density at radius 3 is 2.58 bits per heavy atom. The molecule has 26 heavy (non-hydrogen) atoms. The third-order valence-corrected chi connectivity index (χ3v) is 5.19. The second kappa shape index (κ2) is 6.16. The SMILES string of the molecule is O=C(c1ccncc1)N1CC[C@@]2(CC(=O)N(c3ccc(F)c(F)c3)C2)C1. The first kappa shape index (κ1) is 16.6. The van der Waals surface area contributed by atoms with E-state index in [1.807, 2.05) is 0 Å². The first-order valence-electron chi connectivity index (χ1n) is 8.42. The van der Waals surface area contributed by atoms with Gasteiger partial charge in [0.15, 0.2) is 11.6 Å². The van der Waals surface area contributed by atoms with Gasteiger partial charge in [0.05, 0.1) is 0 Å². The van der Waals surface area contributed by atoms with E-state index >= 15 is 0 Å². The summed E-state index contributed by atoms with van der Waals surface area (Å²) in [6.07, 6.45) is 4.15. The van der Waals surface area contributed by atoms with Crippen molar-refractivity contribution in [2.24, 2.45) is 5.41 Å². The van der Waals surface area contributed by atoms with Crippen LogP contribution in [-0.4, -0.2) is 41.3 Å². The predicted octanol–water partition coefficient (Wildman–Crippen LogP) is 2.63. The van der Waals surface area contributed by atoms with Crippen molar-refractivity contribution in [3.05, 3.63) is 59.9 Å². The Morgan fingerprint density at radius 2 is 1.85 bits per heavy atom. The van der Waals surface area contributed by atoms with Crippen LogP contribution in [0.25, 0.3) is 0 Å². The van der Waals surface area contributed by atoms with Gasteiger partial charge in [-0.15, -0.1) is 0 Å². The minimum absolute atomic E-state index is 0.0806. The number of rotatable bonds is 2. The molecule has 134 valence electrons. The molecule has 1 spiro atoms. The molecule has 5 nitrogen and oxygen atoms in total. The molecule has 3 heterocycles. The zero-order valence-electron chi connectivity index (χ0n) is 14.0. The Bertz CT molecular complexity index is 874. The number of hydrogen-bond donors (Lipinski definition) is 0. The van der Waals surface area contributed by atoms with E-state index in [1.54, 1.807) is 29.4 Å². The Labute approximate surface area is 149 Å². The molecule has 2 amide bonds. The number of pyridine rings is 1. The van der Waals surface area contributed by atoms with E-state index in [1.165, 1.54) is 11.0 Å². The third kappa shape index (κ3) is 2.83. The summed E-state index contributed by atoms with van der Waals surface area (Å²) in [4.78, 5) is 32.2. The minimum atomic E-state index is -0.975. The lowest BCUT2D eigenvalue weighted by molar-refractivity contribution is -0.117. The molecule has 2 saturated heterocycles. The molecule has 0 bridgehead atoms. The number of carbonyl (C=O) groups excluding carboxylic acids is 2. The number of amides is 2. The highest BCUT2D eigenvalue weighted by molar-refractivity contribution is 5.97. The largest absolute Gasteiger partial charge is 0.338 e. The molecule has 0 saturated carbocycles. The van der Waals surface area contributed by atoms with Crippen LogP contribution in [0, 0.1) is 17.0 Å². The fourth-order valence-corrected chi connectivity index (χ4v) is 3.84. The maximum atomic E-state index is 13.5. The van der Waals surface area contributed by atoms with Crippen LogP contribution in [0.3, 0.4) is 0 Å². The second-order valence-corrected chi connectivity index (χ2v) is 6.97. The summed E-state index contributed by atoms with van der Waals surface area (Å²) >= 11 is 0. The van der Waals surface area contributed by atoms with E-state index < -0.39 is 11.6 Å². The summed E-state index contributed by atoms with van der Waals surface area (Å²) in [6.45, 7) is 1.44. The fraction of sp³-hybridized carbons (Fsp3) is 0.316. The lowest BCUT2D eigenvalue weighted by Crippen LogP contribution is -2.34. The van der Waals surface area contributed by atoms with Crippen molar-refractivity contribution < 1.29 is 18.4 Å². The number of likely N-dealkylation sites (tertiary alicyclic amines) is 1. The van der Waals surface area contributed by atoms with E-state index in [0.29, 0.717) is 43.7 Å². The highest BCUT2D eigenvalue weighted by atomic mass is 19.2. The lowest BCUT2D eigenvalue weighted by atomic mass is 9.86. The summed E-state index contributed by atoms with van der Waals surface area (Å²) < 4.78 is 26.7. The number of aromatic nitrogens is 1. The van der Waals surface area contributed by atoms with Gasteiger partial charge in [0.25, 0.3) is 5.91 Å². The van der Waals surface area contributed by atoms with Crippen LogP contribution >= 0.6 is 0 Å². The molecule has 2 fully saturated rings. The Hall–Kier alpha value is -2.83. The minimum Gasteiger partial charge on any atom is -0.338 e. The standard InChI is InChI=1S/C19H17F2N3O2/c20-15-2-1-14(9-16(15)21)24-12-19(10-17(24)25)5-8-23(11-19)18(26)13-3-6-22-7-4-13/h1-4,6-7,9H,5,8,10-12H2/t19-/m1/s1. The monoisotopic (exact) mass is 357 g/mol. The summed E-state index contributed by atoms with van der Waals surface area (Å²) in [6, 6.07) is 6.81. The van der Waals surface area contributed by atoms with Crippen LogP contribution in [0.2, 0.25) is 0 Å². The van der Waals surface area contributed by atoms with Crippen molar-refractivity contribution in [1.29, 1.82) is 0 Å².